The van der Waals surface area contributed by atoms with Gasteiger partial charge in [0.2, 0.25) is 0 Å². The third-order valence-corrected chi connectivity index (χ3v) is 3.66. The van der Waals surface area contributed by atoms with Gasteiger partial charge in [0.05, 0.1) is 12.2 Å². The van der Waals surface area contributed by atoms with Gasteiger partial charge in [-0.25, -0.2) is 0 Å². The molecule has 0 aromatic heterocycles. The van der Waals surface area contributed by atoms with Gasteiger partial charge in [0.25, 0.3) is 0 Å². The molecule has 3 rings (SSSR count). The van der Waals surface area contributed by atoms with Crippen LogP contribution < -0.4 is 14.8 Å². The lowest BCUT2D eigenvalue weighted by molar-refractivity contribution is -0.0498. The molecule has 1 aliphatic rings. The summed E-state index contributed by atoms with van der Waals surface area (Å²) in [5.41, 5.74) is 1.83. The van der Waals surface area contributed by atoms with E-state index in [1.54, 1.807) is 12.1 Å². The number of alkyl halides is 2. The molecule has 0 radical (unpaired) electrons. The zero-order valence-electron chi connectivity index (χ0n) is 10.9. The molecule has 0 amide bonds. The predicted octanol–water partition coefficient (Wildman–Crippen LogP) is 4.60. The molecular formula is C15H12BrF2NO2. The smallest absolute Gasteiger partial charge is 0.387 e. The molecule has 3 nitrogen and oxygen atoms in total. The van der Waals surface area contributed by atoms with E-state index in [1.165, 1.54) is 12.1 Å². The largest absolute Gasteiger partial charge is 0.482 e. The molecule has 21 heavy (non-hydrogen) atoms. The second kappa shape index (κ2) is 5.89. The minimum atomic E-state index is -2.81. The Morgan fingerprint density at radius 3 is 2.67 bits per heavy atom. The van der Waals surface area contributed by atoms with Gasteiger partial charge in [0, 0.05) is 4.47 Å². The van der Waals surface area contributed by atoms with Crippen LogP contribution in [0.15, 0.2) is 46.9 Å². The summed E-state index contributed by atoms with van der Waals surface area (Å²) in [6.07, 6.45) is -0.167. The molecule has 0 fully saturated rings. The number of benzene rings is 2. The van der Waals surface area contributed by atoms with E-state index < -0.39 is 6.61 Å². The second-order valence-electron chi connectivity index (χ2n) is 4.58. The molecule has 1 aliphatic heterocycles. The molecule has 1 heterocycles. The number of halogens is 3. The third-order valence-electron chi connectivity index (χ3n) is 3.17. The SMILES string of the molecule is FC(F)Oc1ccc(C2CNc3cc(Br)ccc3O2)cc1. The first kappa shape index (κ1) is 14.1. The van der Waals surface area contributed by atoms with Gasteiger partial charge in [-0.15, -0.1) is 0 Å². The van der Waals surface area contributed by atoms with Crippen molar-refractivity contribution in [1.82, 2.24) is 0 Å². The Hall–Kier alpha value is -1.82. The van der Waals surface area contributed by atoms with Crippen LogP contribution in [0.5, 0.6) is 11.5 Å². The van der Waals surface area contributed by atoms with Gasteiger partial charge in [-0.05, 0) is 35.9 Å². The summed E-state index contributed by atoms with van der Waals surface area (Å²) in [7, 11) is 0. The van der Waals surface area contributed by atoms with Crippen molar-refractivity contribution in [2.75, 3.05) is 11.9 Å². The lowest BCUT2D eigenvalue weighted by Crippen LogP contribution is -2.23. The molecule has 6 heteroatoms. The molecule has 1 atom stereocenters. The zero-order valence-corrected chi connectivity index (χ0v) is 12.4. The molecule has 2 aromatic rings. The summed E-state index contributed by atoms with van der Waals surface area (Å²) in [5.74, 6) is 0.907. The lowest BCUT2D eigenvalue weighted by Gasteiger charge is -2.28. The van der Waals surface area contributed by atoms with Crippen LogP contribution in [-0.4, -0.2) is 13.2 Å². The van der Waals surface area contributed by atoms with Gasteiger partial charge in [-0.1, -0.05) is 28.1 Å². The number of nitrogens with one attached hydrogen (secondary N) is 1. The van der Waals surface area contributed by atoms with E-state index in [-0.39, 0.29) is 11.9 Å². The summed E-state index contributed by atoms with van der Waals surface area (Å²) in [5, 5.41) is 3.29. The van der Waals surface area contributed by atoms with Crippen molar-refractivity contribution in [3.8, 4) is 11.5 Å². The average molecular weight is 356 g/mol. The normalized spacial score (nSPS) is 16.9. The first-order chi connectivity index (χ1) is 10.1. The average Bonchev–Trinajstić information content (AvgIpc) is 2.47. The van der Waals surface area contributed by atoms with Crippen molar-refractivity contribution in [3.05, 3.63) is 52.5 Å². The zero-order chi connectivity index (χ0) is 14.8. The summed E-state index contributed by atoms with van der Waals surface area (Å²) >= 11 is 3.41. The molecule has 1 N–H and O–H groups in total. The van der Waals surface area contributed by atoms with Gasteiger partial charge in [-0.3, -0.25) is 0 Å². The first-order valence-electron chi connectivity index (χ1n) is 6.36. The molecule has 2 aromatic carbocycles. The minimum absolute atomic E-state index is 0.141. The highest BCUT2D eigenvalue weighted by molar-refractivity contribution is 9.10. The van der Waals surface area contributed by atoms with E-state index >= 15 is 0 Å². The number of fused-ring (bicyclic) bond motifs is 1. The fraction of sp³-hybridized carbons (Fsp3) is 0.200. The highest BCUT2D eigenvalue weighted by Crippen LogP contribution is 2.36. The third kappa shape index (κ3) is 3.26. The maximum absolute atomic E-state index is 12.1. The summed E-state index contributed by atoms with van der Waals surface area (Å²) in [6.45, 7) is -2.20. The Morgan fingerprint density at radius 2 is 1.95 bits per heavy atom. The van der Waals surface area contributed by atoms with Gasteiger partial charge < -0.3 is 14.8 Å². The molecule has 0 saturated carbocycles. The Morgan fingerprint density at radius 1 is 1.19 bits per heavy atom. The van der Waals surface area contributed by atoms with Crippen molar-refractivity contribution in [1.29, 1.82) is 0 Å². The summed E-state index contributed by atoms with van der Waals surface area (Å²) in [6, 6.07) is 12.2. The van der Waals surface area contributed by atoms with Crippen LogP contribution in [-0.2, 0) is 0 Å². The van der Waals surface area contributed by atoms with E-state index in [2.05, 4.69) is 26.0 Å². The molecule has 0 bridgehead atoms. The van der Waals surface area contributed by atoms with Crippen LogP contribution in [0.25, 0.3) is 0 Å². The van der Waals surface area contributed by atoms with Gasteiger partial charge in [-0.2, -0.15) is 8.78 Å². The molecule has 0 saturated heterocycles. The molecule has 0 spiro atoms. The van der Waals surface area contributed by atoms with Gasteiger partial charge in [0.1, 0.15) is 17.6 Å². The fourth-order valence-electron chi connectivity index (χ4n) is 2.19. The van der Waals surface area contributed by atoms with Crippen molar-refractivity contribution < 1.29 is 18.3 Å². The van der Waals surface area contributed by atoms with Crippen molar-refractivity contribution >= 4 is 21.6 Å². The van der Waals surface area contributed by atoms with Crippen molar-refractivity contribution in [2.45, 2.75) is 12.7 Å². The van der Waals surface area contributed by atoms with E-state index in [4.69, 9.17) is 4.74 Å². The standard InChI is InChI=1S/C15H12BrF2NO2/c16-10-3-6-13-12(7-10)19-8-14(21-13)9-1-4-11(5-2-9)20-15(17)18/h1-7,14-15,19H,8H2. The van der Waals surface area contributed by atoms with Crippen LogP contribution in [0.1, 0.15) is 11.7 Å². The minimum Gasteiger partial charge on any atom is -0.482 e. The Labute approximate surface area is 129 Å². The molecule has 0 aliphatic carbocycles. The van der Waals surface area contributed by atoms with Crippen molar-refractivity contribution in [2.24, 2.45) is 0 Å². The molecule has 1 unspecified atom stereocenters. The van der Waals surface area contributed by atoms with E-state index in [1.807, 2.05) is 18.2 Å². The number of hydrogen-bond donors (Lipinski definition) is 1. The van der Waals surface area contributed by atoms with Crippen LogP contribution in [0, 0.1) is 0 Å². The number of hydrogen-bond acceptors (Lipinski definition) is 3. The number of rotatable bonds is 3. The summed E-state index contributed by atoms with van der Waals surface area (Å²) < 4.78 is 35.5. The maximum atomic E-state index is 12.1. The first-order valence-corrected chi connectivity index (χ1v) is 7.16. The highest BCUT2D eigenvalue weighted by atomic mass is 79.9. The lowest BCUT2D eigenvalue weighted by atomic mass is 10.1. The Bertz CT molecular complexity index is 634. The number of ether oxygens (including phenoxy) is 2. The van der Waals surface area contributed by atoms with E-state index in [9.17, 15) is 8.78 Å². The molecule has 110 valence electrons. The second-order valence-corrected chi connectivity index (χ2v) is 5.49. The van der Waals surface area contributed by atoms with Gasteiger partial charge in [0.15, 0.2) is 0 Å². The van der Waals surface area contributed by atoms with E-state index in [0.717, 1.165) is 21.5 Å². The van der Waals surface area contributed by atoms with Crippen LogP contribution in [0.3, 0.4) is 0 Å². The van der Waals surface area contributed by atoms with E-state index in [0.29, 0.717) is 6.54 Å². The highest BCUT2D eigenvalue weighted by Gasteiger charge is 2.21. The predicted molar refractivity (Wildman–Crippen MR) is 79.1 cm³/mol. The summed E-state index contributed by atoms with van der Waals surface area (Å²) in [4.78, 5) is 0. The topological polar surface area (TPSA) is 30.5 Å². The quantitative estimate of drug-likeness (QED) is 0.872. The van der Waals surface area contributed by atoms with Crippen LogP contribution >= 0.6 is 15.9 Å². The molecular weight excluding hydrogens is 344 g/mol. The van der Waals surface area contributed by atoms with Crippen LogP contribution in [0.4, 0.5) is 14.5 Å². The Kier molecular flexibility index (Phi) is 3.96. The maximum Gasteiger partial charge on any atom is 0.387 e. The van der Waals surface area contributed by atoms with Crippen molar-refractivity contribution in [3.63, 3.8) is 0 Å². The fourth-order valence-corrected chi connectivity index (χ4v) is 2.55. The number of anilines is 1. The van der Waals surface area contributed by atoms with Gasteiger partial charge >= 0.3 is 6.61 Å². The Balaban J connectivity index is 1.75. The van der Waals surface area contributed by atoms with Crippen LogP contribution in [0.2, 0.25) is 0 Å². The monoisotopic (exact) mass is 355 g/mol.